The molecule has 0 spiro atoms. The summed E-state index contributed by atoms with van der Waals surface area (Å²) < 4.78 is 53.0. The first kappa shape index (κ1) is 8.08. The van der Waals surface area contributed by atoms with Crippen LogP contribution in [0.2, 0.25) is 0 Å². The van der Waals surface area contributed by atoms with E-state index in [2.05, 4.69) is 0 Å². The zero-order valence-electron chi connectivity index (χ0n) is 3.35. The van der Waals surface area contributed by atoms with Gasteiger partial charge in [-0.3, -0.25) is 0 Å². The summed E-state index contributed by atoms with van der Waals surface area (Å²) in [5.41, 5.74) is 0. The first-order chi connectivity index (χ1) is 3.20. The fourth-order valence-electron chi connectivity index (χ4n) is 0. The third-order valence-corrected chi connectivity index (χ3v) is 5.80. The maximum absolute atomic E-state index is 9.54. The van der Waals surface area contributed by atoms with E-state index < -0.39 is 20.4 Å². The van der Waals surface area contributed by atoms with Gasteiger partial charge in [-0.2, -0.15) is 0 Å². The van der Waals surface area contributed by atoms with Gasteiger partial charge in [0.15, 0.2) is 0 Å². The molecule has 0 heterocycles. The van der Waals surface area contributed by atoms with Crippen molar-refractivity contribution in [1.82, 2.24) is 0 Å². The Hall–Kier alpha value is 0.0823. The van der Waals surface area contributed by atoms with E-state index in [1.807, 2.05) is 0 Å². The van der Waals surface area contributed by atoms with Crippen molar-refractivity contribution in [2.45, 2.75) is 0 Å². The molecule has 0 aliphatic rings. The van der Waals surface area contributed by atoms with Gasteiger partial charge in [-0.15, -0.1) is 0 Å². The van der Waals surface area contributed by atoms with Gasteiger partial charge in [-0.25, -0.2) is 0 Å². The van der Waals surface area contributed by atoms with E-state index in [4.69, 9.17) is 7.66 Å². The molecule has 6 nitrogen and oxygen atoms in total. The third kappa shape index (κ3) is 2.41. The van der Waals surface area contributed by atoms with Crippen LogP contribution in [-0.4, -0.2) is 7.66 Å². The molecule has 0 unspecified atom stereocenters. The minimum atomic E-state index is -7.45. The van der Waals surface area contributed by atoms with E-state index in [-0.39, 0.29) is 0 Å². The molecule has 0 bridgehead atoms. The van der Waals surface area contributed by atoms with Gasteiger partial charge in [-0.05, 0) is 0 Å². The molecule has 8 heavy (non-hydrogen) atoms. The van der Waals surface area contributed by atoms with Crippen LogP contribution in [0.1, 0.15) is 0 Å². The first-order valence-electron chi connectivity index (χ1n) is 1.18. The molecule has 50 valence electrons. The molecule has 0 aromatic heterocycles. The van der Waals surface area contributed by atoms with Crippen molar-refractivity contribution in [3.63, 3.8) is 0 Å². The second-order valence-electron chi connectivity index (χ2n) is 0.916. The molecule has 0 aromatic carbocycles. The van der Waals surface area contributed by atoms with Crippen LogP contribution in [0.4, 0.5) is 0 Å². The Morgan fingerprint density at radius 3 is 1.25 bits per heavy atom. The fourth-order valence-corrected chi connectivity index (χ4v) is 0. The predicted octanol–water partition coefficient (Wildman–Crippen LogP) is -0.731. The first-order valence-corrected chi connectivity index (χ1v) is 10.5. The van der Waals surface area contributed by atoms with Gasteiger partial charge in [0.25, 0.3) is 0 Å². The van der Waals surface area contributed by atoms with Gasteiger partial charge in [0.1, 0.15) is 0 Å². The summed E-state index contributed by atoms with van der Waals surface area (Å²) in [6.45, 7) is 0. The monoisotopic (exact) mass is 316 g/mol. The van der Waals surface area contributed by atoms with Crippen molar-refractivity contribution >= 4 is 5.87 Å². The predicted molar refractivity (Wildman–Crippen MR) is 14.1 cm³/mol. The topological polar surface area (TPSA) is 109 Å². The molecular formula is H2O6PRe. The van der Waals surface area contributed by atoms with Crippen molar-refractivity contribution in [3.05, 3.63) is 0 Å². The molecule has 0 atom stereocenters. The van der Waals surface area contributed by atoms with E-state index in [0.717, 1.165) is 0 Å². The van der Waals surface area contributed by atoms with Gasteiger partial charge in [0.05, 0.1) is 0 Å². The van der Waals surface area contributed by atoms with Crippen molar-refractivity contribution < 1.29 is 38.2 Å². The van der Waals surface area contributed by atoms with Gasteiger partial charge < -0.3 is 0 Å². The Bertz CT molecular complexity index is 254. The van der Waals surface area contributed by atoms with Crippen molar-refractivity contribution in [3.8, 4) is 0 Å². The normalized spacial score (nSPS) is 16.5. The second kappa shape index (κ2) is 1.53. The Balaban J connectivity index is 5.37. The van der Waals surface area contributed by atoms with Crippen LogP contribution in [0.5, 0.6) is 0 Å². The molecule has 0 aliphatic heterocycles. The summed E-state index contributed by atoms with van der Waals surface area (Å²) in [4.78, 5) is 0. The van der Waals surface area contributed by atoms with Crippen LogP contribution in [0.3, 0.4) is 0 Å². The average molecular weight is 315 g/mol. The summed E-state index contributed by atoms with van der Waals surface area (Å²) in [7, 11) is 0. The molecule has 0 saturated carbocycles. The summed E-state index contributed by atoms with van der Waals surface area (Å²) in [5, 5.41) is 0. The Morgan fingerprint density at radius 2 is 1.25 bits per heavy atom. The zero-order chi connectivity index (χ0) is 7.02. The van der Waals surface area contributed by atoms with E-state index in [1.54, 1.807) is 0 Å². The summed E-state index contributed by atoms with van der Waals surface area (Å²) in [6.07, 6.45) is 0. The number of hydrogen-bond acceptors (Lipinski definition) is 4. The van der Waals surface area contributed by atoms with Gasteiger partial charge in [0.2, 0.25) is 0 Å². The SMILES string of the molecule is O=[P](=O)[Re](=[O])(=[O])([OH])[OH]. The molecule has 0 rings (SSSR count). The van der Waals surface area contributed by atoms with Gasteiger partial charge in [-0.1, -0.05) is 0 Å². The van der Waals surface area contributed by atoms with Crippen LogP contribution < -0.4 is 0 Å². The summed E-state index contributed by atoms with van der Waals surface area (Å²) in [5.74, 6) is -4.12. The molecular weight excluding hydrogens is 313 g/mol. The Labute approximate surface area is 44.7 Å². The molecule has 0 amide bonds. The van der Waals surface area contributed by atoms with Crippen LogP contribution in [-0.2, 0) is 30.6 Å². The van der Waals surface area contributed by atoms with Crippen LogP contribution in [0.25, 0.3) is 0 Å². The summed E-state index contributed by atoms with van der Waals surface area (Å²) in [6, 6.07) is 0. The van der Waals surface area contributed by atoms with E-state index in [1.165, 1.54) is 0 Å². The zero-order valence-corrected chi connectivity index (χ0v) is 6.96. The quantitative estimate of drug-likeness (QED) is 0.618. The van der Waals surface area contributed by atoms with Crippen LogP contribution in [0, 0.1) is 0 Å². The second-order valence-corrected chi connectivity index (χ2v) is 14.1. The van der Waals surface area contributed by atoms with Crippen molar-refractivity contribution in [2.75, 3.05) is 0 Å². The van der Waals surface area contributed by atoms with Gasteiger partial charge in [0, 0.05) is 0 Å². The minimum absolute atomic E-state index is 4.12. The number of rotatable bonds is 1. The molecule has 0 radical (unpaired) electrons. The molecule has 2 N–H and O–H groups in total. The Kier molecular flexibility index (Phi) is 1.55. The fraction of sp³-hybridized carbons (Fsp3) is 0. The molecule has 8 heteroatoms. The van der Waals surface area contributed by atoms with Crippen LogP contribution in [0.15, 0.2) is 0 Å². The number of hydrogen-bond donors (Lipinski definition) is 2. The maximum atomic E-state index is 9.54. The van der Waals surface area contributed by atoms with Crippen molar-refractivity contribution in [1.29, 1.82) is 0 Å². The Morgan fingerprint density at radius 1 is 1.12 bits per heavy atom. The standard InChI is InChI=1S/O2P.2H2O.2O.Re/c1-3-2;;;;;/h;2*1H2;;;/q;;;;;+2/p-2. The molecule has 0 aliphatic carbocycles. The van der Waals surface area contributed by atoms with Crippen molar-refractivity contribution in [2.24, 2.45) is 0 Å². The van der Waals surface area contributed by atoms with Crippen LogP contribution >= 0.6 is 5.87 Å². The average Bonchev–Trinajstić information content (AvgIpc) is 1.27. The van der Waals surface area contributed by atoms with E-state index in [9.17, 15) is 16.1 Å². The van der Waals surface area contributed by atoms with Gasteiger partial charge >= 0.3 is 44.1 Å². The summed E-state index contributed by atoms with van der Waals surface area (Å²) >= 11 is -7.45. The van der Waals surface area contributed by atoms with E-state index >= 15 is 0 Å². The third-order valence-electron chi connectivity index (χ3n) is 0.236. The molecule has 0 saturated heterocycles. The van der Waals surface area contributed by atoms with E-state index in [0.29, 0.717) is 0 Å². The molecule has 0 aromatic rings. The molecule has 0 fully saturated rings.